The highest BCUT2D eigenvalue weighted by atomic mass is 16.6. The fourth-order valence-corrected chi connectivity index (χ4v) is 4.23. The first-order valence-electron chi connectivity index (χ1n) is 9.46. The molecule has 1 amide bonds. The quantitative estimate of drug-likeness (QED) is 0.819. The van der Waals surface area contributed by atoms with E-state index in [9.17, 15) is 20.6 Å². The van der Waals surface area contributed by atoms with Gasteiger partial charge >= 0.3 is 6.09 Å². The SMILES string of the molecule is CCOC(=O)N1CC=C2C(C#N)=C(N)C(C#N)(C#N)[C@@H](c3ccc(OC)cc3)[C@H]2C1. The maximum atomic E-state index is 12.3. The van der Waals surface area contributed by atoms with Gasteiger partial charge in [0.05, 0.1) is 37.1 Å². The molecule has 1 aliphatic heterocycles. The van der Waals surface area contributed by atoms with Crippen LogP contribution in [-0.4, -0.2) is 37.8 Å². The summed E-state index contributed by atoms with van der Waals surface area (Å²) < 4.78 is 10.3. The van der Waals surface area contributed by atoms with E-state index in [2.05, 4.69) is 18.2 Å². The largest absolute Gasteiger partial charge is 0.497 e. The van der Waals surface area contributed by atoms with Gasteiger partial charge in [-0.3, -0.25) is 0 Å². The van der Waals surface area contributed by atoms with Crippen molar-refractivity contribution >= 4 is 6.09 Å². The first-order valence-corrected chi connectivity index (χ1v) is 9.46. The molecule has 2 N–H and O–H groups in total. The molecular weight excluding hydrogens is 382 g/mol. The monoisotopic (exact) mass is 403 g/mol. The van der Waals surface area contributed by atoms with E-state index in [1.54, 1.807) is 44.4 Å². The maximum absolute atomic E-state index is 12.3. The second-order valence-corrected chi connectivity index (χ2v) is 7.05. The topological polar surface area (TPSA) is 136 Å². The van der Waals surface area contributed by atoms with Gasteiger partial charge in [0, 0.05) is 24.9 Å². The number of amides is 1. The van der Waals surface area contributed by atoms with E-state index in [1.807, 2.05) is 0 Å². The third kappa shape index (κ3) is 3.11. The van der Waals surface area contributed by atoms with Gasteiger partial charge in [-0.25, -0.2) is 4.79 Å². The van der Waals surface area contributed by atoms with Crippen LogP contribution in [0.2, 0.25) is 0 Å². The number of fused-ring (bicyclic) bond motifs is 1. The summed E-state index contributed by atoms with van der Waals surface area (Å²) in [5, 5.41) is 29.9. The predicted octanol–water partition coefficient (Wildman–Crippen LogP) is 2.58. The van der Waals surface area contributed by atoms with Gasteiger partial charge in [0.15, 0.2) is 5.41 Å². The summed E-state index contributed by atoms with van der Waals surface area (Å²) in [7, 11) is 1.55. The second-order valence-electron chi connectivity index (χ2n) is 7.05. The van der Waals surface area contributed by atoms with E-state index in [1.165, 1.54) is 4.90 Å². The molecule has 30 heavy (non-hydrogen) atoms. The Kier molecular flexibility index (Phi) is 5.67. The van der Waals surface area contributed by atoms with Crippen molar-refractivity contribution in [2.24, 2.45) is 17.1 Å². The first kappa shape index (κ1) is 20.8. The average Bonchev–Trinajstić information content (AvgIpc) is 2.78. The van der Waals surface area contributed by atoms with Crippen molar-refractivity contribution in [1.29, 1.82) is 15.8 Å². The number of benzene rings is 1. The average molecular weight is 403 g/mol. The Morgan fingerprint density at radius 3 is 2.47 bits per heavy atom. The Hall–Kier alpha value is -3.96. The lowest BCUT2D eigenvalue weighted by atomic mass is 9.58. The van der Waals surface area contributed by atoms with Crippen molar-refractivity contribution in [1.82, 2.24) is 4.90 Å². The Balaban J connectivity index is 2.21. The van der Waals surface area contributed by atoms with E-state index >= 15 is 0 Å². The van der Waals surface area contributed by atoms with Gasteiger partial charge in [-0.1, -0.05) is 18.2 Å². The number of ether oxygens (including phenoxy) is 2. The van der Waals surface area contributed by atoms with Gasteiger partial charge in [-0.05, 0) is 30.2 Å². The number of allylic oxidation sites excluding steroid dienone is 2. The van der Waals surface area contributed by atoms with Crippen LogP contribution in [0.1, 0.15) is 18.4 Å². The van der Waals surface area contributed by atoms with Crippen molar-refractivity contribution in [2.75, 3.05) is 26.8 Å². The van der Waals surface area contributed by atoms with Crippen LogP contribution in [-0.2, 0) is 4.74 Å². The van der Waals surface area contributed by atoms with Crippen LogP contribution < -0.4 is 10.5 Å². The number of carbonyl (C=O) groups excluding carboxylic acids is 1. The van der Waals surface area contributed by atoms with Crippen molar-refractivity contribution in [3.8, 4) is 24.0 Å². The number of hydrogen-bond donors (Lipinski definition) is 1. The Labute approximate surface area is 175 Å². The Morgan fingerprint density at radius 2 is 1.93 bits per heavy atom. The number of methoxy groups -OCH3 is 1. The molecular formula is C22H21N5O3. The molecule has 3 rings (SSSR count). The number of nitriles is 3. The summed E-state index contributed by atoms with van der Waals surface area (Å²) in [6.45, 7) is 2.40. The fourth-order valence-electron chi connectivity index (χ4n) is 4.23. The van der Waals surface area contributed by atoms with E-state index in [0.717, 1.165) is 0 Å². The van der Waals surface area contributed by atoms with Crippen molar-refractivity contribution in [2.45, 2.75) is 12.8 Å². The van der Waals surface area contributed by atoms with E-state index < -0.39 is 23.3 Å². The molecule has 0 fully saturated rings. The van der Waals surface area contributed by atoms with Crippen molar-refractivity contribution < 1.29 is 14.3 Å². The molecule has 1 aromatic rings. The molecule has 0 saturated heterocycles. The molecule has 8 nitrogen and oxygen atoms in total. The second kappa shape index (κ2) is 8.19. The van der Waals surface area contributed by atoms with Crippen LogP contribution in [0.5, 0.6) is 5.75 Å². The first-order chi connectivity index (χ1) is 14.5. The molecule has 0 saturated carbocycles. The molecule has 1 aromatic carbocycles. The van der Waals surface area contributed by atoms with Crippen LogP contribution in [0.15, 0.2) is 47.2 Å². The lowest BCUT2D eigenvalue weighted by molar-refractivity contribution is 0.0999. The minimum atomic E-state index is -1.75. The van der Waals surface area contributed by atoms with Crippen molar-refractivity contribution in [3.05, 3.63) is 52.7 Å². The van der Waals surface area contributed by atoms with Gasteiger partial charge in [0.1, 0.15) is 11.8 Å². The summed E-state index contributed by atoms with van der Waals surface area (Å²) in [5.74, 6) is -0.528. The molecule has 0 radical (unpaired) electrons. The van der Waals surface area contributed by atoms with Gasteiger partial charge in [-0.15, -0.1) is 0 Å². The summed E-state index contributed by atoms with van der Waals surface area (Å²) >= 11 is 0. The van der Waals surface area contributed by atoms with E-state index in [-0.39, 0.29) is 31.0 Å². The lowest BCUT2D eigenvalue weighted by Crippen LogP contribution is -2.49. The third-order valence-electron chi connectivity index (χ3n) is 5.67. The number of carbonyl (C=O) groups is 1. The number of hydrogen-bond acceptors (Lipinski definition) is 7. The molecule has 0 bridgehead atoms. The highest BCUT2D eigenvalue weighted by molar-refractivity contribution is 5.69. The van der Waals surface area contributed by atoms with Crippen molar-refractivity contribution in [3.63, 3.8) is 0 Å². The molecule has 152 valence electrons. The molecule has 8 heteroatoms. The minimum absolute atomic E-state index is 0.0529. The lowest BCUT2D eigenvalue weighted by Gasteiger charge is -2.45. The molecule has 0 unspecified atom stereocenters. The zero-order valence-corrected chi connectivity index (χ0v) is 16.8. The normalized spacial score (nSPS) is 22.0. The van der Waals surface area contributed by atoms with E-state index in [4.69, 9.17) is 15.2 Å². The van der Waals surface area contributed by atoms with Gasteiger partial charge < -0.3 is 20.1 Å². The van der Waals surface area contributed by atoms with Crippen LogP contribution in [0.4, 0.5) is 4.79 Å². The van der Waals surface area contributed by atoms with Gasteiger partial charge in [0.25, 0.3) is 0 Å². The Morgan fingerprint density at radius 1 is 1.27 bits per heavy atom. The summed E-state index contributed by atoms with van der Waals surface area (Å²) in [5.41, 5.74) is 5.94. The van der Waals surface area contributed by atoms with Crippen LogP contribution >= 0.6 is 0 Å². The summed E-state index contributed by atoms with van der Waals surface area (Å²) in [6.07, 6.45) is 1.27. The Bertz CT molecular complexity index is 1020. The highest BCUT2D eigenvalue weighted by Crippen LogP contribution is 2.54. The zero-order chi connectivity index (χ0) is 21.9. The standard InChI is InChI=1S/C22H21N5O3/c1-3-30-21(28)27-9-8-16-17(10-23)20(26)22(12-24,13-25)19(18(16)11-27)14-4-6-15(29-2)7-5-14/h4-8,18-19H,3,9,11,26H2,1-2H3/t18-,19-/m0/s1. The highest BCUT2D eigenvalue weighted by Gasteiger charge is 2.54. The number of nitrogens with zero attached hydrogens (tertiary/aromatic N) is 4. The summed E-state index contributed by atoms with van der Waals surface area (Å²) in [6, 6.07) is 13.2. The molecule has 2 aliphatic rings. The maximum Gasteiger partial charge on any atom is 0.410 e. The van der Waals surface area contributed by atoms with Gasteiger partial charge in [0.2, 0.25) is 0 Å². The molecule has 1 aliphatic carbocycles. The molecule has 1 heterocycles. The zero-order valence-electron chi connectivity index (χ0n) is 16.8. The fraction of sp³-hybridized carbons (Fsp3) is 0.364. The van der Waals surface area contributed by atoms with Crippen LogP contribution in [0.3, 0.4) is 0 Å². The number of nitrogens with two attached hydrogens (primary N) is 1. The molecule has 0 spiro atoms. The smallest absolute Gasteiger partial charge is 0.410 e. The third-order valence-corrected chi connectivity index (χ3v) is 5.67. The molecule has 2 atom stereocenters. The van der Waals surface area contributed by atoms with Crippen LogP contribution in [0.25, 0.3) is 0 Å². The molecule has 0 aromatic heterocycles. The van der Waals surface area contributed by atoms with Crippen LogP contribution in [0, 0.1) is 45.3 Å². The van der Waals surface area contributed by atoms with E-state index in [0.29, 0.717) is 16.9 Å². The van der Waals surface area contributed by atoms with Gasteiger partial charge in [-0.2, -0.15) is 15.8 Å². The summed E-state index contributed by atoms with van der Waals surface area (Å²) in [4.78, 5) is 13.8. The number of rotatable bonds is 3. The predicted molar refractivity (Wildman–Crippen MR) is 106 cm³/mol. The minimum Gasteiger partial charge on any atom is -0.497 e.